The third kappa shape index (κ3) is 7.85. The van der Waals surface area contributed by atoms with E-state index in [4.69, 9.17) is 0 Å². The highest BCUT2D eigenvalue weighted by Gasteiger charge is 2.33. The van der Waals surface area contributed by atoms with Crippen LogP contribution < -0.4 is 9.64 Å². The van der Waals surface area contributed by atoms with E-state index in [0.29, 0.717) is 55.0 Å². The molecule has 5 rings (SSSR count). The number of carboxylic acid groups (broad SMARTS) is 1. The van der Waals surface area contributed by atoms with Gasteiger partial charge in [-0.25, -0.2) is 19.3 Å². The van der Waals surface area contributed by atoms with Crippen LogP contribution in [0.5, 0.6) is 5.75 Å². The first-order valence-electron chi connectivity index (χ1n) is 13.6. The second kappa shape index (κ2) is 13.3. The second-order valence-electron chi connectivity index (χ2n) is 10.5. The number of likely N-dealkylation sites (tertiary alicyclic amines) is 1. The predicted molar refractivity (Wildman–Crippen MR) is 153 cm³/mol. The van der Waals surface area contributed by atoms with Crippen molar-refractivity contribution in [1.82, 2.24) is 19.9 Å². The lowest BCUT2D eigenvalue weighted by atomic mass is 9.97. The van der Waals surface area contributed by atoms with Crippen LogP contribution in [0, 0.1) is 11.7 Å². The minimum atomic E-state index is -5.06. The van der Waals surface area contributed by atoms with Gasteiger partial charge in [-0.2, -0.15) is 0 Å². The maximum atomic E-state index is 14.1. The molecule has 2 aromatic heterocycles. The number of nitrogens with zero attached hydrogens (tertiary/aromatic N) is 5. The van der Waals surface area contributed by atoms with Crippen molar-refractivity contribution in [3.8, 4) is 17.0 Å². The van der Waals surface area contributed by atoms with E-state index in [0.717, 1.165) is 36.4 Å². The minimum Gasteiger partial charge on any atom is -0.481 e. The SMILES string of the molecule is C.C[C@@H]1CCCN1Cc1sc(CC(=O)c2cnc(N3CCC(C(=O)O)CC3)cn2)nc1-c1ccc(F)c(OC(F)(F)F)c1. The van der Waals surface area contributed by atoms with Crippen LogP contribution >= 0.6 is 11.3 Å². The Labute approximate surface area is 250 Å². The first kappa shape index (κ1) is 32.3. The van der Waals surface area contributed by atoms with Crippen molar-refractivity contribution in [2.75, 3.05) is 24.5 Å². The lowest BCUT2D eigenvalue weighted by Crippen LogP contribution is -2.36. The number of thiazole rings is 1. The number of ether oxygens (including phenoxy) is 1. The number of hydrogen-bond acceptors (Lipinski definition) is 9. The van der Waals surface area contributed by atoms with E-state index < -0.39 is 23.9 Å². The number of piperidine rings is 1. The van der Waals surface area contributed by atoms with Crippen LogP contribution in [0.3, 0.4) is 0 Å². The van der Waals surface area contributed by atoms with Crippen LogP contribution in [0.15, 0.2) is 30.6 Å². The van der Waals surface area contributed by atoms with Gasteiger partial charge < -0.3 is 14.7 Å². The molecule has 3 aromatic rings. The molecule has 2 fully saturated rings. The van der Waals surface area contributed by atoms with E-state index in [1.54, 1.807) is 0 Å². The lowest BCUT2D eigenvalue weighted by molar-refractivity contribution is -0.275. The number of alkyl halides is 3. The van der Waals surface area contributed by atoms with Crippen molar-refractivity contribution in [1.29, 1.82) is 0 Å². The Bertz CT molecular complexity index is 1440. The normalized spacial score (nSPS) is 18.0. The Morgan fingerprint density at radius 3 is 2.47 bits per heavy atom. The Hall–Kier alpha value is -3.65. The molecule has 0 saturated carbocycles. The predicted octanol–water partition coefficient (Wildman–Crippen LogP) is 5.98. The number of aliphatic carboxylic acids is 1. The van der Waals surface area contributed by atoms with Crippen molar-refractivity contribution in [3.63, 3.8) is 0 Å². The van der Waals surface area contributed by atoms with Crippen LogP contribution in [0.4, 0.5) is 23.4 Å². The molecule has 14 heteroatoms. The first-order chi connectivity index (χ1) is 20.0. The molecule has 0 amide bonds. The summed E-state index contributed by atoms with van der Waals surface area (Å²) in [6.45, 7) is 4.50. The van der Waals surface area contributed by atoms with Crippen molar-refractivity contribution < 1.29 is 37.0 Å². The number of carbonyl (C=O) groups excluding carboxylic acids is 1. The van der Waals surface area contributed by atoms with Gasteiger partial charge in [0.2, 0.25) is 0 Å². The van der Waals surface area contributed by atoms with Crippen LogP contribution in [0.2, 0.25) is 0 Å². The Kier molecular flexibility index (Phi) is 10.0. The molecule has 0 unspecified atom stereocenters. The Morgan fingerprint density at radius 1 is 1.12 bits per heavy atom. The molecule has 232 valence electrons. The van der Waals surface area contributed by atoms with Gasteiger partial charge >= 0.3 is 12.3 Å². The Morgan fingerprint density at radius 2 is 1.86 bits per heavy atom. The summed E-state index contributed by atoms with van der Waals surface area (Å²) >= 11 is 1.28. The number of halogens is 4. The number of benzene rings is 1. The molecule has 0 spiro atoms. The molecule has 2 aliphatic rings. The minimum absolute atomic E-state index is 0. The molecule has 0 aliphatic carbocycles. The largest absolute Gasteiger partial charge is 0.573 e. The number of aromatic nitrogens is 3. The fourth-order valence-corrected chi connectivity index (χ4v) is 6.40. The molecule has 9 nitrogen and oxygen atoms in total. The third-order valence-electron chi connectivity index (χ3n) is 7.61. The molecule has 2 aliphatic heterocycles. The van der Waals surface area contributed by atoms with Gasteiger partial charge in [0.25, 0.3) is 0 Å². The van der Waals surface area contributed by atoms with Crippen LogP contribution in [0.1, 0.15) is 60.4 Å². The summed E-state index contributed by atoms with van der Waals surface area (Å²) in [5.74, 6) is -3.06. The van der Waals surface area contributed by atoms with Gasteiger partial charge in [-0.05, 0) is 57.4 Å². The number of Topliss-reactive ketones (excluding diaryl/α,β-unsaturated/α-hetero) is 1. The van der Waals surface area contributed by atoms with E-state index in [1.165, 1.54) is 29.8 Å². The summed E-state index contributed by atoms with van der Waals surface area (Å²) in [6.07, 6.45) is 0.752. The molecular formula is C29H33F4N5O4S. The highest BCUT2D eigenvalue weighted by Crippen LogP contribution is 2.36. The molecule has 0 radical (unpaired) electrons. The van der Waals surface area contributed by atoms with E-state index in [2.05, 4.69) is 31.5 Å². The molecular weight excluding hydrogens is 590 g/mol. The van der Waals surface area contributed by atoms with Crippen LogP contribution in [-0.2, 0) is 17.8 Å². The zero-order valence-electron chi connectivity index (χ0n) is 22.7. The van der Waals surface area contributed by atoms with Gasteiger partial charge in [0.1, 0.15) is 16.5 Å². The van der Waals surface area contributed by atoms with E-state index in [-0.39, 0.29) is 36.8 Å². The summed E-state index contributed by atoms with van der Waals surface area (Å²) in [7, 11) is 0. The standard InChI is InChI=1S/C28H29F4N5O4S.CH4/c1-16-3-2-8-37(16)15-23-26(18-4-5-19(29)22(11-18)41-28(30,31)32)35-25(42-23)12-21(38)20-13-34-24(14-33-20)36-9-6-17(7-10-36)27(39)40;/h4-5,11,13-14,16-17H,2-3,6-10,12,15H2,1H3,(H,39,40);1H4/t16-;/m1./s1. The fraction of sp³-hybridized carbons (Fsp3) is 0.483. The summed E-state index contributed by atoms with van der Waals surface area (Å²) < 4.78 is 56.5. The topological polar surface area (TPSA) is 109 Å². The van der Waals surface area contributed by atoms with Gasteiger partial charge in [-0.1, -0.05) is 7.43 Å². The summed E-state index contributed by atoms with van der Waals surface area (Å²) in [6, 6.07) is 3.54. The van der Waals surface area contributed by atoms with E-state index in [9.17, 15) is 32.3 Å². The van der Waals surface area contributed by atoms with Gasteiger partial charge in [-0.3, -0.25) is 14.5 Å². The number of hydrogen-bond donors (Lipinski definition) is 1. The smallest absolute Gasteiger partial charge is 0.481 e. The lowest BCUT2D eigenvalue weighted by Gasteiger charge is -2.30. The van der Waals surface area contributed by atoms with Crippen molar-refractivity contribution >= 4 is 28.9 Å². The van der Waals surface area contributed by atoms with Gasteiger partial charge in [0.15, 0.2) is 17.3 Å². The van der Waals surface area contributed by atoms with E-state index >= 15 is 0 Å². The number of carbonyl (C=O) groups is 2. The van der Waals surface area contributed by atoms with Crippen molar-refractivity contribution in [2.45, 2.75) is 65.4 Å². The molecule has 2 saturated heterocycles. The molecule has 4 heterocycles. The Balaban J connectivity index is 0.00000423. The number of ketones is 1. The van der Waals surface area contributed by atoms with Crippen LogP contribution in [0.25, 0.3) is 11.3 Å². The number of carboxylic acids is 1. The number of rotatable bonds is 9. The quantitative estimate of drug-likeness (QED) is 0.227. The summed E-state index contributed by atoms with van der Waals surface area (Å²) in [4.78, 5) is 42.5. The second-order valence-corrected chi connectivity index (χ2v) is 11.7. The molecule has 1 aromatic carbocycles. The number of anilines is 1. The van der Waals surface area contributed by atoms with E-state index in [1.807, 2.05) is 4.90 Å². The average molecular weight is 624 g/mol. The van der Waals surface area contributed by atoms with Gasteiger partial charge in [-0.15, -0.1) is 24.5 Å². The molecule has 1 N–H and O–H groups in total. The highest BCUT2D eigenvalue weighted by atomic mass is 32.1. The summed E-state index contributed by atoms with van der Waals surface area (Å²) in [5.41, 5.74) is 0.761. The average Bonchev–Trinajstić information content (AvgIpc) is 3.54. The third-order valence-corrected chi connectivity index (χ3v) is 8.65. The zero-order valence-corrected chi connectivity index (χ0v) is 23.6. The van der Waals surface area contributed by atoms with Gasteiger partial charge in [0, 0.05) is 36.1 Å². The maximum Gasteiger partial charge on any atom is 0.573 e. The fourth-order valence-electron chi connectivity index (χ4n) is 5.29. The molecule has 1 atom stereocenters. The highest BCUT2D eigenvalue weighted by molar-refractivity contribution is 7.12. The maximum absolute atomic E-state index is 14.1. The molecule has 0 bridgehead atoms. The van der Waals surface area contributed by atoms with Crippen molar-refractivity contribution in [3.05, 3.63) is 52.0 Å². The van der Waals surface area contributed by atoms with Crippen molar-refractivity contribution in [2.24, 2.45) is 5.92 Å². The summed E-state index contributed by atoms with van der Waals surface area (Å²) in [5, 5.41) is 9.64. The van der Waals surface area contributed by atoms with Crippen LogP contribution in [-0.4, -0.2) is 68.7 Å². The zero-order chi connectivity index (χ0) is 30.0. The van der Waals surface area contributed by atoms with Gasteiger partial charge in [0.05, 0.1) is 30.4 Å². The monoisotopic (exact) mass is 623 g/mol. The molecule has 43 heavy (non-hydrogen) atoms. The first-order valence-corrected chi connectivity index (χ1v) is 14.4.